The zero-order valence-corrected chi connectivity index (χ0v) is 14.8. The summed E-state index contributed by atoms with van der Waals surface area (Å²) in [5.74, 6) is -2.87. The molecular weight excluding hydrogens is 360 g/mol. The van der Waals surface area contributed by atoms with Crippen molar-refractivity contribution in [2.24, 2.45) is 0 Å². The lowest BCUT2D eigenvalue weighted by Crippen LogP contribution is -2.40. The summed E-state index contributed by atoms with van der Waals surface area (Å²) in [5, 5.41) is 2.95. The molecule has 138 valence electrons. The SMILES string of the molecule is O=C(NC1CCC(Oc2ncccn2)CC1)c1ccccc1SC(F)F. The zero-order valence-electron chi connectivity index (χ0n) is 14.0. The van der Waals surface area contributed by atoms with Gasteiger partial charge in [0.1, 0.15) is 6.10 Å². The van der Waals surface area contributed by atoms with Gasteiger partial charge in [0.15, 0.2) is 0 Å². The maximum absolute atomic E-state index is 12.7. The first-order valence-corrected chi connectivity index (χ1v) is 9.28. The van der Waals surface area contributed by atoms with Crippen LogP contribution in [0.2, 0.25) is 0 Å². The van der Waals surface area contributed by atoms with E-state index in [0.29, 0.717) is 22.7 Å². The van der Waals surface area contributed by atoms with Crippen molar-refractivity contribution in [2.75, 3.05) is 0 Å². The van der Waals surface area contributed by atoms with E-state index in [9.17, 15) is 13.6 Å². The molecule has 0 bridgehead atoms. The lowest BCUT2D eigenvalue weighted by molar-refractivity contribution is 0.0882. The Balaban J connectivity index is 1.52. The topological polar surface area (TPSA) is 64.1 Å². The van der Waals surface area contributed by atoms with Gasteiger partial charge in [-0.3, -0.25) is 4.79 Å². The lowest BCUT2D eigenvalue weighted by Gasteiger charge is -2.29. The fourth-order valence-electron chi connectivity index (χ4n) is 2.94. The molecule has 2 aromatic rings. The number of aromatic nitrogens is 2. The number of hydrogen-bond donors (Lipinski definition) is 1. The number of halogens is 2. The van der Waals surface area contributed by atoms with Crippen LogP contribution < -0.4 is 10.1 Å². The van der Waals surface area contributed by atoms with Gasteiger partial charge in [0.2, 0.25) is 0 Å². The predicted molar refractivity (Wildman–Crippen MR) is 94.5 cm³/mol. The van der Waals surface area contributed by atoms with Gasteiger partial charge >= 0.3 is 6.01 Å². The number of ether oxygens (including phenoxy) is 1. The number of alkyl halides is 2. The van der Waals surface area contributed by atoms with Crippen molar-refractivity contribution >= 4 is 17.7 Å². The van der Waals surface area contributed by atoms with Gasteiger partial charge in [0, 0.05) is 23.3 Å². The minimum atomic E-state index is -2.56. The molecule has 0 radical (unpaired) electrons. The Hall–Kier alpha value is -2.22. The van der Waals surface area contributed by atoms with Crippen molar-refractivity contribution < 1.29 is 18.3 Å². The molecule has 5 nitrogen and oxygen atoms in total. The van der Waals surface area contributed by atoms with Gasteiger partial charge in [0.25, 0.3) is 11.7 Å². The number of carbonyl (C=O) groups excluding carboxylic acids is 1. The second-order valence-electron chi connectivity index (χ2n) is 5.97. The Kier molecular flexibility index (Phi) is 6.38. The normalized spacial score (nSPS) is 20.0. The van der Waals surface area contributed by atoms with E-state index in [1.165, 1.54) is 6.07 Å². The Morgan fingerprint density at radius 1 is 1.12 bits per heavy atom. The fourth-order valence-corrected chi connectivity index (χ4v) is 3.57. The van der Waals surface area contributed by atoms with Gasteiger partial charge in [-0.15, -0.1) is 0 Å². The van der Waals surface area contributed by atoms with Gasteiger partial charge < -0.3 is 10.1 Å². The number of thioether (sulfide) groups is 1. The lowest BCUT2D eigenvalue weighted by atomic mass is 9.92. The van der Waals surface area contributed by atoms with Crippen molar-refractivity contribution in [2.45, 2.75) is 48.5 Å². The Morgan fingerprint density at radius 2 is 1.81 bits per heavy atom. The standard InChI is InChI=1S/C18H19F2N3O2S/c19-17(20)26-15-5-2-1-4-14(15)16(24)23-12-6-8-13(9-7-12)25-18-21-10-3-11-22-18/h1-5,10-13,17H,6-9H2,(H,23,24). The largest absolute Gasteiger partial charge is 0.460 e. The molecule has 1 fully saturated rings. The van der Waals surface area contributed by atoms with Crippen LogP contribution >= 0.6 is 11.8 Å². The number of carbonyl (C=O) groups is 1. The molecule has 0 aliphatic heterocycles. The number of nitrogens with zero attached hydrogens (tertiary/aromatic N) is 2. The fraction of sp³-hybridized carbons (Fsp3) is 0.389. The summed E-state index contributed by atoms with van der Waals surface area (Å²) in [6.07, 6.45) is 6.34. The highest BCUT2D eigenvalue weighted by molar-refractivity contribution is 7.99. The van der Waals surface area contributed by atoms with E-state index >= 15 is 0 Å². The highest BCUT2D eigenvalue weighted by atomic mass is 32.2. The molecule has 1 aliphatic rings. The average molecular weight is 379 g/mol. The van der Waals surface area contributed by atoms with Crippen LogP contribution in [0.15, 0.2) is 47.6 Å². The van der Waals surface area contributed by atoms with E-state index in [1.54, 1.807) is 36.7 Å². The minimum absolute atomic E-state index is 0.00338. The van der Waals surface area contributed by atoms with Crippen molar-refractivity contribution in [1.82, 2.24) is 15.3 Å². The number of nitrogens with one attached hydrogen (secondary N) is 1. The van der Waals surface area contributed by atoms with Crippen molar-refractivity contribution in [3.8, 4) is 6.01 Å². The summed E-state index contributed by atoms with van der Waals surface area (Å²) in [4.78, 5) is 20.9. The van der Waals surface area contributed by atoms with E-state index in [0.717, 1.165) is 25.7 Å². The molecule has 1 aromatic carbocycles. The van der Waals surface area contributed by atoms with Crippen LogP contribution in [0.4, 0.5) is 8.78 Å². The molecule has 26 heavy (non-hydrogen) atoms. The summed E-state index contributed by atoms with van der Waals surface area (Å²) >= 11 is 0.389. The number of rotatable bonds is 6. The second-order valence-corrected chi connectivity index (χ2v) is 7.00. The molecule has 1 heterocycles. The molecular formula is C18H19F2N3O2S. The van der Waals surface area contributed by atoms with Crippen LogP contribution in [0.1, 0.15) is 36.0 Å². The maximum Gasteiger partial charge on any atom is 0.316 e. The van der Waals surface area contributed by atoms with E-state index < -0.39 is 5.76 Å². The summed E-state index contributed by atoms with van der Waals surface area (Å²) in [6, 6.07) is 8.52. The molecule has 0 unspecified atom stereocenters. The number of benzene rings is 1. The minimum Gasteiger partial charge on any atom is -0.460 e. The highest BCUT2D eigenvalue weighted by Gasteiger charge is 2.25. The second kappa shape index (κ2) is 8.93. The molecule has 0 saturated heterocycles. The molecule has 1 aliphatic carbocycles. The summed E-state index contributed by atoms with van der Waals surface area (Å²) in [7, 11) is 0. The van der Waals surface area contributed by atoms with Crippen LogP contribution in [0.25, 0.3) is 0 Å². The van der Waals surface area contributed by atoms with Gasteiger partial charge in [-0.05, 0) is 43.9 Å². The van der Waals surface area contributed by atoms with Gasteiger partial charge in [-0.1, -0.05) is 23.9 Å². The quantitative estimate of drug-likeness (QED) is 0.771. The summed E-state index contributed by atoms with van der Waals surface area (Å²) in [5.41, 5.74) is 0.286. The maximum atomic E-state index is 12.7. The van der Waals surface area contributed by atoms with Crippen LogP contribution in [0.3, 0.4) is 0 Å². The zero-order chi connectivity index (χ0) is 18.4. The van der Waals surface area contributed by atoms with Gasteiger partial charge in [-0.25, -0.2) is 9.97 Å². The van der Waals surface area contributed by atoms with Gasteiger partial charge in [-0.2, -0.15) is 8.78 Å². The molecule has 8 heteroatoms. The molecule has 0 spiro atoms. The number of amides is 1. The molecule has 0 atom stereocenters. The third-order valence-electron chi connectivity index (χ3n) is 4.17. The van der Waals surface area contributed by atoms with E-state index in [4.69, 9.17) is 4.74 Å². The smallest absolute Gasteiger partial charge is 0.316 e. The Bertz CT molecular complexity index is 725. The third-order valence-corrected chi connectivity index (χ3v) is 4.96. The van der Waals surface area contributed by atoms with Gasteiger partial charge in [0.05, 0.1) is 5.56 Å². The van der Waals surface area contributed by atoms with Crippen LogP contribution in [0, 0.1) is 0 Å². The first-order valence-electron chi connectivity index (χ1n) is 8.40. The average Bonchev–Trinajstić information content (AvgIpc) is 2.64. The first-order chi connectivity index (χ1) is 12.6. The highest BCUT2D eigenvalue weighted by Crippen LogP contribution is 2.29. The molecule has 1 saturated carbocycles. The third kappa shape index (κ3) is 5.14. The summed E-state index contributed by atoms with van der Waals surface area (Å²) < 4.78 is 31.0. The Morgan fingerprint density at radius 3 is 2.50 bits per heavy atom. The Labute approximate surface area is 154 Å². The predicted octanol–water partition coefficient (Wildman–Crippen LogP) is 3.91. The molecule has 1 amide bonds. The molecule has 1 N–H and O–H groups in total. The van der Waals surface area contributed by atoms with Crippen LogP contribution in [-0.2, 0) is 0 Å². The van der Waals surface area contributed by atoms with E-state index in [-0.39, 0.29) is 23.6 Å². The van der Waals surface area contributed by atoms with Crippen molar-refractivity contribution in [1.29, 1.82) is 0 Å². The van der Waals surface area contributed by atoms with Crippen molar-refractivity contribution in [3.63, 3.8) is 0 Å². The molecule has 1 aromatic heterocycles. The van der Waals surface area contributed by atoms with Crippen molar-refractivity contribution in [3.05, 3.63) is 48.3 Å². The first kappa shape index (κ1) is 18.6. The van der Waals surface area contributed by atoms with E-state index in [1.807, 2.05) is 0 Å². The van der Waals surface area contributed by atoms with E-state index in [2.05, 4.69) is 15.3 Å². The van der Waals surface area contributed by atoms with Crippen LogP contribution in [-0.4, -0.2) is 33.8 Å². The number of hydrogen-bond acceptors (Lipinski definition) is 5. The summed E-state index contributed by atoms with van der Waals surface area (Å²) in [6.45, 7) is 0. The molecule has 3 rings (SSSR count). The van der Waals surface area contributed by atoms with Crippen LogP contribution in [0.5, 0.6) is 6.01 Å². The monoisotopic (exact) mass is 379 g/mol.